The first kappa shape index (κ1) is 37.7. The Bertz CT molecular complexity index is 1000. The minimum absolute atomic E-state index is 0.0924. The highest BCUT2D eigenvalue weighted by atomic mass is 16.7. The Morgan fingerprint density at radius 3 is 2.35 bits per heavy atom. The monoisotopic (exact) mass is 651 g/mol. The van der Waals surface area contributed by atoms with Crippen molar-refractivity contribution in [1.82, 2.24) is 14.7 Å². The average Bonchev–Trinajstić information content (AvgIpc) is 3.67. The lowest BCUT2D eigenvalue weighted by molar-refractivity contribution is -0.295. The van der Waals surface area contributed by atoms with Crippen molar-refractivity contribution in [2.24, 2.45) is 23.2 Å². The van der Waals surface area contributed by atoms with Crippen molar-refractivity contribution in [1.29, 1.82) is 0 Å². The molecule has 0 spiro atoms. The molecule has 3 saturated heterocycles. The number of ketones is 1. The molecule has 4 aliphatic rings. The van der Waals surface area contributed by atoms with Gasteiger partial charge in [0.1, 0.15) is 18.1 Å². The van der Waals surface area contributed by atoms with Crippen LogP contribution in [0, 0.1) is 23.2 Å². The maximum atomic E-state index is 14.3. The van der Waals surface area contributed by atoms with Gasteiger partial charge in [0.25, 0.3) is 0 Å². The number of carbonyl (C=O) groups excluding carboxylic acids is 2. The Morgan fingerprint density at radius 2 is 1.74 bits per heavy atom. The van der Waals surface area contributed by atoms with Crippen LogP contribution >= 0.6 is 0 Å². The summed E-state index contributed by atoms with van der Waals surface area (Å²) in [5.41, 5.74) is -2.28. The fourth-order valence-electron chi connectivity index (χ4n) is 8.15. The molecule has 3 heterocycles. The van der Waals surface area contributed by atoms with E-state index in [4.69, 9.17) is 18.9 Å². The third-order valence-electron chi connectivity index (χ3n) is 11.2. The molecule has 0 radical (unpaired) electrons. The lowest BCUT2D eigenvalue weighted by atomic mass is 9.74. The van der Waals surface area contributed by atoms with E-state index in [1.807, 2.05) is 39.8 Å². The number of aliphatic hydroxyl groups is 1. The summed E-state index contributed by atoms with van der Waals surface area (Å²) in [6.07, 6.45) is 5.57. The smallest absolute Gasteiger partial charge is 0.319 e. The predicted molar refractivity (Wildman–Crippen MR) is 178 cm³/mol. The molecule has 0 aromatic heterocycles. The van der Waals surface area contributed by atoms with Gasteiger partial charge in [-0.1, -0.05) is 13.8 Å². The third kappa shape index (κ3) is 9.30. The molecule has 0 amide bonds. The molecule has 4 rings (SSSR count). The number of methoxy groups -OCH3 is 1. The lowest BCUT2D eigenvalue weighted by Crippen LogP contribution is -2.59. The van der Waals surface area contributed by atoms with Crippen LogP contribution in [0.2, 0.25) is 0 Å². The average molecular weight is 652 g/mol. The van der Waals surface area contributed by atoms with Gasteiger partial charge in [0.15, 0.2) is 12.1 Å². The molecule has 10 heteroatoms. The second-order valence-electron chi connectivity index (χ2n) is 16.1. The van der Waals surface area contributed by atoms with Crippen LogP contribution in [-0.4, -0.2) is 134 Å². The summed E-state index contributed by atoms with van der Waals surface area (Å²) >= 11 is 0. The van der Waals surface area contributed by atoms with Crippen molar-refractivity contribution in [3.8, 4) is 0 Å². The van der Waals surface area contributed by atoms with E-state index < -0.39 is 41.4 Å². The zero-order valence-electron chi connectivity index (χ0n) is 30.3. The second kappa shape index (κ2) is 16.0. The van der Waals surface area contributed by atoms with E-state index in [-0.39, 0.29) is 36.5 Å². The number of carbonyl (C=O) groups is 2. The van der Waals surface area contributed by atoms with E-state index in [0.717, 1.165) is 32.5 Å². The first-order valence-corrected chi connectivity index (χ1v) is 18.0. The van der Waals surface area contributed by atoms with Crippen LogP contribution in [-0.2, 0) is 28.5 Å². The van der Waals surface area contributed by atoms with Crippen LogP contribution in [0.1, 0.15) is 92.9 Å². The highest BCUT2D eigenvalue weighted by Gasteiger charge is 2.51. The van der Waals surface area contributed by atoms with Crippen molar-refractivity contribution in [3.63, 3.8) is 0 Å². The molecule has 9 atom stereocenters. The summed E-state index contributed by atoms with van der Waals surface area (Å²) in [4.78, 5) is 35.1. The van der Waals surface area contributed by atoms with Crippen molar-refractivity contribution in [2.75, 3.05) is 60.5 Å². The number of cyclic esters (lactones) is 1. The maximum absolute atomic E-state index is 14.3. The first-order chi connectivity index (χ1) is 21.7. The summed E-state index contributed by atoms with van der Waals surface area (Å²) in [5.74, 6) is -0.612. The van der Waals surface area contributed by atoms with Gasteiger partial charge in [0.2, 0.25) is 0 Å². The first-order valence-electron chi connectivity index (χ1n) is 18.0. The summed E-state index contributed by atoms with van der Waals surface area (Å²) in [6, 6.07) is -0.0678. The van der Waals surface area contributed by atoms with Gasteiger partial charge < -0.3 is 33.9 Å². The van der Waals surface area contributed by atoms with Gasteiger partial charge >= 0.3 is 5.97 Å². The Kier molecular flexibility index (Phi) is 13.1. The third-order valence-corrected chi connectivity index (χ3v) is 11.2. The number of ether oxygens (including phenoxy) is 4. The van der Waals surface area contributed by atoms with Gasteiger partial charge in [0, 0.05) is 38.2 Å². The molecule has 1 N–H and O–H groups in total. The summed E-state index contributed by atoms with van der Waals surface area (Å²) in [7, 11) is 5.55. The van der Waals surface area contributed by atoms with Crippen LogP contribution in [0.25, 0.3) is 0 Å². The van der Waals surface area contributed by atoms with Gasteiger partial charge in [-0.15, -0.1) is 0 Å². The number of rotatable bonds is 10. The molecule has 1 saturated carbocycles. The number of likely N-dealkylation sites (N-methyl/N-ethyl adjacent to an activating group) is 1. The fourth-order valence-corrected chi connectivity index (χ4v) is 8.15. The van der Waals surface area contributed by atoms with E-state index in [0.29, 0.717) is 18.8 Å². The van der Waals surface area contributed by atoms with Crippen molar-refractivity contribution in [2.45, 2.75) is 135 Å². The zero-order chi connectivity index (χ0) is 33.8. The predicted octanol–water partition coefficient (Wildman–Crippen LogP) is 3.97. The van der Waals surface area contributed by atoms with Gasteiger partial charge in [-0.2, -0.15) is 0 Å². The molecular weight excluding hydrogens is 586 g/mol. The Hall–Kier alpha value is -1.14. The standard InChI is InChI=1S/C36H65N3O7/c1-24-20-36(6,43-9)32(46-33-30(40)29(37(7)8)19-25(2)45-33)26(3)31(41)35(4,5)34(42)44-23-28(39(21-24)22-27-14-15-27)13-12-18-38-16-10-11-17-38/h24-30,32-33,40H,10-23H2,1-9H3/t24-,25-,26+,28+,29+,30-,32-,33+,36-/m1/s1. The summed E-state index contributed by atoms with van der Waals surface area (Å²) in [5, 5.41) is 11.4. The lowest BCUT2D eigenvalue weighted by Gasteiger charge is -2.47. The van der Waals surface area contributed by atoms with Crippen molar-refractivity contribution >= 4 is 11.8 Å². The molecule has 0 bridgehead atoms. The highest BCUT2D eigenvalue weighted by Crippen LogP contribution is 2.39. The molecular formula is C36H65N3O7. The highest BCUT2D eigenvalue weighted by molar-refractivity contribution is 6.04. The molecule has 1 aliphatic carbocycles. The van der Waals surface area contributed by atoms with Gasteiger partial charge in [-0.25, -0.2) is 0 Å². The van der Waals surface area contributed by atoms with Gasteiger partial charge in [0.05, 0.1) is 17.8 Å². The second-order valence-corrected chi connectivity index (χ2v) is 16.1. The summed E-state index contributed by atoms with van der Waals surface area (Å²) in [6.45, 7) is 16.9. The van der Waals surface area contributed by atoms with E-state index in [1.165, 1.54) is 38.8 Å². The minimum Gasteiger partial charge on any atom is -0.463 e. The molecule has 3 aliphatic heterocycles. The van der Waals surface area contributed by atoms with Crippen LogP contribution in [0.4, 0.5) is 0 Å². The number of esters is 1. The number of Topliss-reactive ketones (excluding diaryl/α,β-unsaturated/α-hetero) is 1. The van der Waals surface area contributed by atoms with E-state index in [1.54, 1.807) is 21.0 Å². The van der Waals surface area contributed by atoms with E-state index in [2.05, 4.69) is 16.7 Å². The largest absolute Gasteiger partial charge is 0.463 e. The van der Waals surface area contributed by atoms with Crippen LogP contribution in [0.3, 0.4) is 0 Å². The number of likely N-dealkylation sites (tertiary alicyclic amines) is 1. The molecule has 266 valence electrons. The van der Waals surface area contributed by atoms with E-state index in [9.17, 15) is 14.7 Å². The van der Waals surface area contributed by atoms with Gasteiger partial charge in [-0.3, -0.25) is 14.5 Å². The minimum atomic E-state index is -1.39. The Labute approximate surface area is 278 Å². The maximum Gasteiger partial charge on any atom is 0.319 e. The molecule has 0 aromatic rings. The van der Waals surface area contributed by atoms with Crippen LogP contribution in [0.5, 0.6) is 0 Å². The van der Waals surface area contributed by atoms with Crippen LogP contribution < -0.4 is 0 Å². The molecule has 0 unspecified atom stereocenters. The number of hydrogen-bond acceptors (Lipinski definition) is 10. The van der Waals surface area contributed by atoms with Crippen LogP contribution in [0.15, 0.2) is 0 Å². The van der Waals surface area contributed by atoms with E-state index >= 15 is 0 Å². The number of nitrogens with zero attached hydrogens (tertiary/aromatic N) is 3. The molecule has 46 heavy (non-hydrogen) atoms. The summed E-state index contributed by atoms with van der Waals surface area (Å²) < 4.78 is 25.3. The fraction of sp³-hybridized carbons (Fsp3) is 0.944. The Balaban J connectivity index is 1.64. The van der Waals surface area contributed by atoms with Crippen molar-refractivity contribution in [3.05, 3.63) is 0 Å². The van der Waals surface area contributed by atoms with Gasteiger partial charge in [-0.05, 0) is 125 Å². The Morgan fingerprint density at radius 1 is 1.07 bits per heavy atom. The molecule has 4 fully saturated rings. The number of hydrogen-bond donors (Lipinski definition) is 1. The quantitative estimate of drug-likeness (QED) is 0.276. The molecule has 0 aromatic carbocycles. The topological polar surface area (TPSA) is 101 Å². The normalized spacial score (nSPS) is 39.1. The number of aliphatic hydroxyl groups excluding tert-OH is 1. The SMILES string of the molecule is CO[C@]1(C)C[C@@H](C)CN(CC2CC2)[C@@H](CCCN2CCCC2)COC(=O)C(C)(C)C(=O)[C@H](C)[C@H]1O[C@@H]1O[C@H](C)C[C@H](N(C)C)[C@H]1O. The zero-order valence-corrected chi connectivity index (χ0v) is 30.3. The van der Waals surface area contributed by atoms with Crippen molar-refractivity contribution < 1.29 is 33.6 Å². The molecule has 10 nitrogen and oxygen atoms in total.